The zero-order valence-corrected chi connectivity index (χ0v) is 17.2. The van der Waals surface area contributed by atoms with Gasteiger partial charge in [0.2, 0.25) is 5.91 Å². The van der Waals surface area contributed by atoms with Crippen molar-refractivity contribution in [1.82, 2.24) is 5.32 Å². The third kappa shape index (κ3) is 5.10. The van der Waals surface area contributed by atoms with Crippen LogP contribution in [0, 0.1) is 11.8 Å². The first-order valence-electron chi connectivity index (χ1n) is 10.7. The molecule has 2 atom stereocenters. The fourth-order valence-electron chi connectivity index (χ4n) is 4.34. The number of benzene rings is 2. The quantitative estimate of drug-likeness (QED) is 0.818. The summed E-state index contributed by atoms with van der Waals surface area (Å²) in [7, 11) is 0. The second-order valence-corrected chi connectivity index (χ2v) is 8.37. The molecule has 0 bridgehead atoms. The Labute approximate surface area is 173 Å². The SMILES string of the molecule is C[C@H]1CN(CC(=O)NC[C@@H]2CCOC2)c2ccccc2N(Cc2ccccc2)C1. The minimum Gasteiger partial charge on any atom is -0.381 e. The van der Waals surface area contributed by atoms with Crippen molar-refractivity contribution in [1.29, 1.82) is 0 Å². The van der Waals surface area contributed by atoms with E-state index >= 15 is 0 Å². The number of nitrogens with one attached hydrogen (secondary N) is 1. The van der Waals surface area contributed by atoms with E-state index in [1.54, 1.807) is 0 Å². The minimum absolute atomic E-state index is 0.0930. The van der Waals surface area contributed by atoms with Crippen LogP contribution in [0.1, 0.15) is 18.9 Å². The summed E-state index contributed by atoms with van der Waals surface area (Å²) < 4.78 is 5.41. The lowest BCUT2D eigenvalue weighted by Gasteiger charge is -2.27. The van der Waals surface area contributed by atoms with Gasteiger partial charge in [0.15, 0.2) is 0 Å². The number of nitrogens with zero attached hydrogens (tertiary/aromatic N) is 2. The van der Waals surface area contributed by atoms with Crippen molar-refractivity contribution in [2.24, 2.45) is 11.8 Å². The molecule has 154 valence electrons. The Morgan fingerprint density at radius 1 is 1.03 bits per heavy atom. The molecule has 1 fully saturated rings. The Bertz CT molecular complexity index is 805. The third-order valence-corrected chi connectivity index (χ3v) is 5.79. The number of para-hydroxylation sites is 2. The molecule has 2 heterocycles. The number of hydrogen-bond acceptors (Lipinski definition) is 4. The number of fused-ring (bicyclic) bond motifs is 1. The highest BCUT2D eigenvalue weighted by Crippen LogP contribution is 2.34. The number of carbonyl (C=O) groups is 1. The van der Waals surface area contributed by atoms with Crippen molar-refractivity contribution < 1.29 is 9.53 Å². The summed E-state index contributed by atoms with van der Waals surface area (Å²) in [4.78, 5) is 17.4. The summed E-state index contributed by atoms with van der Waals surface area (Å²) in [6, 6.07) is 19.1. The van der Waals surface area contributed by atoms with E-state index in [2.05, 4.69) is 76.6 Å². The molecule has 2 aromatic carbocycles. The third-order valence-electron chi connectivity index (χ3n) is 5.79. The van der Waals surface area contributed by atoms with E-state index in [1.807, 2.05) is 0 Å². The maximum atomic E-state index is 12.7. The van der Waals surface area contributed by atoms with Crippen LogP contribution >= 0.6 is 0 Å². The van der Waals surface area contributed by atoms with E-state index in [4.69, 9.17) is 4.74 Å². The lowest BCUT2D eigenvalue weighted by molar-refractivity contribution is -0.120. The highest BCUT2D eigenvalue weighted by atomic mass is 16.5. The summed E-state index contributed by atoms with van der Waals surface area (Å²) in [5.74, 6) is 1.01. The summed E-state index contributed by atoms with van der Waals surface area (Å²) in [5.41, 5.74) is 3.66. The number of amides is 1. The van der Waals surface area contributed by atoms with Crippen LogP contribution in [-0.4, -0.2) is 45.3 Å². The predicted molar refractivity (Wildman–Crippen MR) is 117 cm³/mol. The topological polar surface area (TPSA) is 44.8 Å². The molecule has 2 aromatic rings. The van der Waals surface area contributed by atoms with Crippen molar-refractivity contribution in [2.45, 2.75) is 19.9 Å². The van der Waals surface area contributed by atoms with Gasteiger partial charge in [-0.25, -0.2) is 0 Å². The average molecular weight is 394 g/mol. The predicted octanol–water partition coefficient (Wildman–Crippen LogP) is 3.30. The van der Waals surface area contributed by atoms with E-state index in [-0.39, 0.29) is 5.91 Å². The van der Waals surface area contributed by atoms with E-state index in [9.17, 15) is 4.79 Å². The molecule has 0 spiro atoms. The number of carbonyl (C=O) groups excluding carboxylic acids is 1. The van der Waals surface area contributed by atoms with Gasteiger partial charge in [-0.2, -0.15) is 0 Å². The summed E-state index contributed by atoms with van der Waals surface area (Å²) in [6.07, 6.45) is 1.04. The highest BCUT2D eigenvalue weighted by molar-refractivity contribution is 5.84. The van der Waals surface area contributed by atoms with Crippen LogP contribution in [0.2, 0.25) is 0 Å². The minimum atomic E-state index is 0.0930. The second kappa shape index (κ2) is 9.31. The number of anilines is 2. The first kappa shape index (κ1) is 19.8. The Kier molecular flexibility index (Phi) is 6.35. The van der Waals surface area contributed by atoms with Crippen molar-refractivity contribution in [3.05, 3.63) is 60.2 Å². The molecule has 5 heteroatoms. The molecule has 0 aromatic heterocycles. The Morgan fingerprint density at radius 2 is 1.72 bits per heavy atom. The van der Waals surface area contributed by atoms with Crippen LogP contribution in [0.4, 0.5) is 11.4 Å². The average Bonchev–Trinajstić information content (AvgIpc) is 3.22. The molecule has 5 nitrogen and oxygen atoms in total. The molecule has 0 unspecified atom stereocenters. The monoisotopic (exact) mass is 393 g/mol. The molecular weight excluding hydrogens is 362 g/mol. The summed E-state index contributed by atoms with van der Waals surface area (Å²) in [5, 5.41) is 3.11. The zero-order chi connectivity index (χ0) is 20.1. The van der Waals surface area contributed by atoms with E-state index in [1.165, 1.54) is 11.3 Å². The first-order valence-corrected chi connectivity index (χ1v) is 10.7. The van der Waals surface area contributed by atoms with Crippen LogP contribution in [0.3, 0.4) is 0 Å². The van der Waals surface area contributed by atoms with Crippen LogP contribution in [0.25, 0.3) is 0 Å². The van der Waals surface area contributed by atoms with Crippen molar-refractivity contribution in [3.63, 3.8) is 0 Å². The number of hydrogen-bond donors (Lipinski definition) is 1. The molecular formula is C24H31N3O2. The van der Waals surface area contributed by atoms with E-state index < -0.39 is 0 Å². The molecule has 1 N–H and O–H groups in total. The van der Waals surface area contributed by atoms with Gasteiger partial charge in [-0.1, -0.05) is 49.4 Å². The first-order chi connectivity index (χ1) is 14.2. The van der Waals surface area contributed by atoms with Gasteiger partial charge >= 0.3 is 0 Å². The van der Waals surface area contributed by atoms with Crippen molar-refractivity contribution >= 4 is 17.3 Å². The fourth-order valence-corrected chi connectivity index (χ4v) is 4.34. The lowest BCUT2D eigenvalue weighted by Crippen LogP contribution is -2.41. The smallest absolute Gasteiger partial charge is 0.239 e. The molecule has 0 aliphatic carbocycles. The van der Waals surface area contributed by atoms with Crippen molar-refractivity contribution in [2.75, 3.05) is 49.2 Å². The van der Waals surface area contributed by atoms with Gasteiger partial charge in [0.05, 0.1) is 24.5 Å². The highest BCUT2D eigenvalue weighted by Gasteiger charge is 2.26. The van der Waals surface area contributed by atoms with Gasteiger partial charge < -0.3 is 19.9 Å². The molecule has 0 radical (unpaired) electrons. The number of ether oxygens (including phenoxy) is 1. The van der Waals surface area contributed by atoms with Crippen LogP contribution in [0.15, 0.2) is 54.6 Å². The molecule has 2 aliphatic rings. The van der Waals surface area contributed by atoms with Crippen LogP contribution in [-0.2, 0) is 16.1 Å². The standard InChI is InChI=1S/C24H31N3O2/c1-19-14-26(16-20-7-3-2-4-8-20)22-9-5-6-10-23(22)27(15-19)17-24(28)25-13-21-11-12-29-18-21/h2-10,19,21H,11-18H2,1H3,(H,25,28)/t19-,21+/m1/s1. The van der Waals surface area contributed by atoms with Crippen LogP contribution < -0.4 is 15.1 Å². The molecule has 0 saturated carbocycles. The van der Waals surface area contributed by atoms with Gasteiger partial charge in [0.1, 0.15) is 0 Å². The molecule has 1 amide bonds. The Balaban J connectivity index is 1.48. The Hall–Kier alpha value is -2.53. The molecule has 2 aliphatic heterocycles. The maximum absolute atomic E-state index is 12.7. The second-order valence-electron chi connectivity index (χ2n) is 8.37. The van der Waals surface area contributed by atoms with E-state index in [0.717, 1.165) is 45.0 Å². The van der Waals surface area contributed by atoms with Gasteiger partial charge in [0, 0.05) is 38.7 Å². The normalized spacial score (nSPS) is 21.6. The maximum Gasteiger partial charge on any atom is 0.239 e. The van der Waals surface area contributed by atoms with Gasteiger partial charge in [-0.3, -0.25) is 4.79 Å². The van der Waals surface area contributed by atoms with Crippen molar-refractivity contribution in [3.8, 4) is 0 Å². The largest absolute Gasteiger partial charge is 0.381 e. The molecule has 29 heavy (non-hydrogen) atoms. The van der Waals surface area contributed by atoms with Crippen LogP contribution in [0.5, 0.6) is 0 Å². The lowest BCUT2D eigenvalue weighted by atomic mass is 10.1. The van der Waals surface area contributed by atoms with E-state index in [0.29, 0.717) is 24.9 Å². The summed E-state index contributed by atoms with van der Waals surface area (Å²) in [6.45, 7) is 7.69. The summed E-state index contributed by atoms with van der Waals surface area (Å²) >= 11 is 0. The van der Waals surface area contributed by atoms with Gasteiger partial charge in [0.25, 0.3) is 0 Å². The van der Waals surface area contributed by atoms with Gasteiger partial charge in [-0.05, 0) is 30.0 Å². The fraction of sp³-hybridized carbons (Fsp3) is 0.458. The van der Waals surface area contributed by atoms with Gasteiger partial charge in [-0.15, -0.1) is 0 Å². The molecule has 4 rings (SSSR count). The molecule has 1 saturated heterocycles. The number of rotatable bonds is 6. The zero-order valence-electron chi connectivity index (χ0n) is 17.2. The Morgan fingerprint density at radius 3 is 2.45 bits per heavy atom.